The fourth-order valence-corrected chi connectivity index (χ4v) is 3.64. The molecule has 1 aromatic heterocycles. The van der Waals surface area contributed by atoms with Crippen LogP contribution in [0, 0.1) is 0 Å². The minimum atomic E-state index is 1.08. The van der Waals surface area contributed by atoms with Crippen molar-refractivity contribution in [3.8, 4) is 5.69 Å². The van der Waals surface area contributed by atoms with E-state index in [0.717, 1.165) is 11.4 Å². The van der Waals surface area contributed by atoms with Crippen molar-refractivity contribution >= 4 is 56.7 Å². The number of anilines is 1. The van der Waals surface area contributed by atoms with Crippen molar-refractivity contribution in [2.75, 3.05) is 4.90 Å². The van der Waals surface area contributed by atoms with Gasteiger partial charge in [0.2, 0.25) is 0 Å². The quantitative estimate of drug-likeness (QED) is 0.197. The van der Waals surface area contributed by atoms with Crippen LogP contribution in [0.25, 0.3) is 27.5 Å². The molecule has 26 heavy (non-hydrogen) atoms. The van der Waals surface area contributed by atoms with Crippen molar-refractivity contribution in [3.05, 3.63) is 85.1 Å². The maximum atomic E-state index is 4.15. The SMILES string of the molecule is C/C=C\N(C=NI)c1ccc2c3ccccc3n(-c3ccccc3)c2c1. The molecule has 0 bridgehead atoms. The van der Waals surface area contributed by atoms with E-state index in [0.29, 0.717) is 0 Å². The van der Waals surface area contributed by atoms with Gasteiger partial charge in [0.05, 0.1) is 33.9 Å². The van der Waals surface area contributed by atoms with E-state index in [1.807, 2.05) is 59.4 Å². The Morgan fingerprint density at radius 2 is 1.62 bits per heavy atom. The molecule has 0 aliphatic rings. The maximum absolute atomic E-state index is 4.15. The van der Waals surface area contributed by atoms with Gasteiger partial charge in [0.1, 0.15) is 6.34 Å². The average Bonchev–Trinajstić information content (AvgIpc) is 3.02. The Bertz CT molecular complexity index is 1100. The van der Waals surface area contributed by atoms with Crippen LogP contribution in [0.1, 0.15) is 6.92 Å². The number of halogens is 1. The number of allylic oxidation sites excluding steroid dienone is 1. The van der Waals surface area contributed by atoms with Gasteiger partial charge in [-0.3, -0.25) is 0 Å². The summed E-state index contributed by atoms with van der Waals surface area (Å²) in [5.74, 6) is 0. The highest BCUT2D eigenvalue weighted by Gasteiger charge is 2.13. The van der Waals surface area contributed by atoms with Gasteiger partial charge in [-0.2, -0.15) is 0 Å². The van der Waals surface area contributed by atoms with Gasteiger partial charge in [-0.05, 0) is 37.3 Å². The Labute approximate surface area is 166 Å². The van der Waals surface area contributed by atoms with Crippen molar-refractivity contribution in [3.63, 3.8) is 0 Å². The molecule has 0 atom stereocenters. The van der Waals surface area contributed by atoms with Gasteiger partial charge in [-0.25, -0.2) is 3.21 Å². The monoisotopic (exact) mass is 451 g/mol. The number of hydrogen-bond donors (Lipinski definition) is 0. The molecule has 0 fully saturated rings. The molecule has 0 saturated carbocycles. The first-order valence-corrected chi connectivity index (χ1v) is 9.44. The van der Waals surface area contributed by atoms with Crippen LogP contribution in [0.5, 0.6) is 0 Å². The van der Waals surface area contributed by atoms with Crippen LogP contribution in [0.2, 0.25) is 0 Å². The number of aromatic nitrogens is 1. The zero-order chi connectivity index (χ0) is 17.9. The number of fused-ring (bicyclic) bond motifs is 3. The third-order valence-electron chi connectivity index (χ3n) is 4.45. The summed E-state index contributed by atoms with van der Waals surface area (Å²) in [6.07, 6.45) is 5.84. The molecule has 0 saturated heterocycles. The molecule has 3 nitrogen and oxygen atoms in total. The van der Waals surface area contributed by atoms with Gasteiger partial charge in [-0.1, -0.05) is 48.5 Å². The third-order valence-corrected chi connectivity index (χ3v) is 4.70. The van der Waals surface area contributed by atoms with Crippen molar-refractivity contribution < 1.29 is 0 Å². The molecule has 4 heteroatoms. The molecule has 0 aliphatic carbocycles. The van der Waals surface area contributed by atoms with Gasteiger partial charge >= 0.3 is 0 Å². The van der Waals surface area contributed by atoms with Crippen LogP contribution in [-0.2, 0) is 0 Å². The fraction of sp³-hybridized carbons (Fsp3) is 0.0455. The second-order valence-corrected chi connectivity index (χ2v) is 6.55. The number of nitrogens with zero attached hydrogens (tertiary/aromatic N) is 3. The van der Waals surface area contributed by atoms with Crippen molar-refractivity contribution in [1.29, 1.82) is 0 Å². The smallest absolute Gasteiger partial charge is 0.106 e. The topological polar surface area (TPSA) is 20.5 Å². The van der Waals surface area contributed by atoms with E-state index in [1.165, 1.54) is 21.8 Å². The molecule has 0 unspecified atom stereocenters. The summed E-state index contributed by atoms with van der Waals surface area (Å²) < 4.78 is 6.47. The first-order valence-electron chi connectivity index (χ1n) is 8.47. The summed E-state index contributed by atoms with van der Waals surface area (Å²) in [5, 5.41) is 2.51. The van der Waals surface area contributed by atoms with E-state index in [9.17, 15) is 0 Å². The van der Waals surface area contributed by atoms with E-state index >= 15 is 0 Å². The predicted octanol–water partition coefficient (Wildman–Crippen LogP) is 6.50. The first kappa shape index (κ1) is 16.8. The van der Waals surface area contributed by atoms with Crippen LogP contribution in [0.15, 0.2) is 88.3 Å². The third kappa shape index (κ3) is 2.90. The van der Waals surface area contributed by atoms with Gasteiger partial charge in [0.25, 0.3) is 0 Å². The first-order chi connectivity index (χ1) is 12.8. The van der Waals surface area contributed by atoms with E-state index < -0.39 is 0 Å². The van der Waals surface area contributed by atoms with Crippen LogP contribution >= 0.6 is 22.9 Å². The Morgan fingerprint density at radius 3 is 2.38 bits per heavy atom. The Morgan fingerprint density at radius 1 is 0.885 bits per heavy atom. The second-order valence-electron chi connectivity index (χ2n) is 5.99. The number of hydrogen-bond acceptors (Lipinski definition) is 1. The molecule has 0 radical (unpaired) electrons. The molecule has 0 spiro atoms. The molecule has 3 aromatic carbocycles. The average molecular weight is 451 g/mol. The predicted molar refractivity (Wildman–Crippen MR) is 121 cm³/mol. The van der Waals surface area contributed by atoms with E-state index in [4.69, 9.17) is 0 Å². The molecule has 0 amide bonds. The minimum Gasteiger partial charge on any atom is -0.309 e. The highest BCUT2D eigenvalue weighted by molar-refractivity contribution is 14.1. The van der Waals surface area contributed by atoms with E-state index in [2.05, 4.69) is 74.5 Å². The normalized spacial score (nSPS) is 11.9. The summed E-state index contributed by atoms with van der Waals surface area (Å²) in [7, 11) is 0. The molecule has 4 rings (SSSR count). The lowest BCUT2D eigenvalue weighted by Crippen LogP contribution is -2.12. The summed E-state index contributed by atoms with van der Waals surface area (Å²) in [5.41, 5.74) is 4.64. The lowest BCUT2D eigenvalue weighted by molar-refractivity contribution is 1.18. The van der Waals surface area contributed by atoms with Crippen molar-refractivity contribution in [1.82, 2.24) is 4.57 Å². The van der Waals surface area contributed by atoms with Gasteiger partial charge in [0.15, 0.2) is 0 Å². The van der Waals surface area contributed by atoms with Gasteiger partial charge in [-0.15, -0.1) is 0 Å². The van der Waals surface area contributed by atoms with Crippen molar-refractivity contribution in [2.24, 2.45) is 3.21 Å². The molecule has 4 aromatic rings. The Hall–Kier alpha value is -2.60. The van der Waals surface area contributed by atoms with E-state index in [1.54, 1.807) is 0 Å². The van der Waals surface area contributed by atoms with Crippen LogP contribution in [0.4, 0.5) is 5.69 Å². The highest BCUT2D eigenvalue weighted by atomic mass is 127. The summed E-state index contributed by atoms with van der Waals surface area (Å²) >= 11 is 2.00. The summed E-state index contributed by atoms with van der Waals surface area (Å²) in [6, 6.07) is 25.6. The minimum absolute atomic E-state index is 1.08. The van der Waals surface area contributed by atoms with Crippen molar-refractivity contribution in [2.45, 2.75) is 6.92 Å². The van der Waals surface area contributed by atoms with E-state index in [-0.39, 0.29) is 0 Å². The zero-order valence-electron chi connectivity index (χ0n) is 14.4. The van der Waals surface area contributed by atoms with Crippen LogP contribution in [0.3, 0.4) is 0 Å². The van der Waals surface area contributed by atoms with Gasteiger partial charge in [0, 0.05) is 28.3 Å². The molecule has 1 heterocycles. The second kappa shape index (κ2) is 7.33. The Kier molecular flexibility index (Phi) is 4.75. The standard InChI is InChI=1S/C22H18IN3/c1-2-14-25(16-24-23)18-12-13-20-19-10-6-7-11-21(19)26(22(20)15-18)17-8-4-3-5-9-17/h2-16H,1H3/b14-2-,24-16?. The van der Waals surface area contributed by atoms with Crippen LogP contribution < -0.4 is 4.90 Å². The fourth-order valence-electron chi connectivity index (χ4n) is 3.37. The number of para-hydroxylation sites is 2. The zero-order valence-corrected chi connectivity index (χ0v) is 16.5. The van der Waals surface area contributed by atoms with Gasteiger partial charge < -0.3 is 9.47 Å². The molecular weight excluding hydrogens is 433 g/mol. The number of rotatable bonds is 4. The molecule has 128 valence electrons. The number of benzene rings is 3. The molecule has 0 aliphatic heterocycles. The van der Waals surface area contributed by atoms with Crippen LogP contribution in [-0.4, -0.2) is 10.9 Å². The lowest BCUT2D eigenvalue weighted by Gasteiger charge is -2.15. The highest BCUT2D eigenvalue weighted by Crippen LogP contribution is 2.34. The molecular formula is C22H18IN3. The largest absolute Gasteiger partial charge is 0.309 e. The lowest BCUT2D eigenvalue weighted by atomic mass is 10.1. The Balaban J connectivity index is 2.04. The summed E-state index contributed by atoms with van der Waals surface area (Å²) in [4.78, 5) is 2.03. The summed E-state index contributed by atoms with van der Waals surface area (Å²) in [6.45, 7) is 2.01. The maximum Gasteiger partial charge on any atom is 0.106 e. The molecule has 0 N–H and O–H groups in total.